The van der Waals surface area contributed by atoms with Crippen molar-refractivity contribution in [1.29, 1.82) is 0 Å². The van der Waals surface area contributed by atoms with E-state index >= 15 is 0 Å². The lowest BCUT2D eigenvalue weighted by Gasteiger charge is -2.42. The molecule has 2 fully saturated rings. The maximum absolute atomic E-state index is 13.2. The molecule has 2 aliphatic carbocycles. The molecule has 34 heavy (non-hydrogen) atoms. The van der Waals surface area contributed by atoms with Gasteiger partial charge >= 0.3 is 0 Å². The van der Waals surface area contributed by atoms with E-state index in [1.165, 1.54) is 11.1 Å². The zero-order valence-corrected chi connectivity index (χ0v) is 18.8. The Hall–Kier alpha value is -3.59. The Morgan fingerprint density at radius 2 is 1.91 bits per heavy atom. The predicted molar refractivity (Wildman–Crippen MR) is 128 cm³/mol. The molecule has 4 aromatic rings. The number of nitrogens with zero attached hydrogens (tertiary/aromatic N) is 5. The molecule has 0 radical (unpaired) electrons. The molecule has 0 amide bonds. The van der Waals surface area contributed by atoms with Gasteiger partial charge in [-0.25, -0.2) is 0 Å². The second kappa shape index (κ2) is 6.96. The van der Waals surface area contributed by atoms with Gasteiger partial charge in [0.05, 0.1) is 16.8 Å². The fraction of sp³-hybridized carbons (Fsp3) is 0.400. The van der Waals surface area contributed by atoms with Gasteiger partial charge in [0.15, 0.2) is 5.65 Å². The largest absolute Gasteiger partial charge is 0.342 e. The van der Waals surface area contributed by atoms with Crippen LogP contribution in [0.15, 0.2) is 47.7 Å². The Bertz CT molecular complexity index is 1450. The van der Waals surface area contributed by atoms with Crippen LogP contribution in [0.5, 0.6) is 0 Å². The monoisotopic (exact) mass is 454 g/mol. The molecule has 1 spiro atoms. The lowest BCUT2D eigenvalue weighted by molar-refractivity contribution is 0.187. The molecule has 1 aromatic carbocycles. The van der Waals surface area contributed by atoms with Crippen LogP contribution in [-0.4, -0.2) is 43.2 Å². The Morgan fingerprint density at radius 3 is 2.65 bits per heavy atom. The second-order valence-electron chi connectivity index (χ2n) is 10.1. The summed E-state index contributed by atoms with van der Waals surface area (Å²) in [5.41, 5.74) is 11.0. The first-order valence-corrected chi connectivity index (χ1v) is 11.9. The van der Waals surface area contributed by atoms with Crippen LogP contribution in [0, 0.1) is 5.41 Å². The highest BCUT2D eigenvalue weighted by Gasteiger charge is 2.51. The molecule has 0 unspecified atom stereocenters. The van der Waals surface area contributed by atoms with Gasteiger partial charge < -0.3 is 10.6 Å². The number of aromatic nitrogens is 6. The number of nitrogens with one attached hydrogen (secondary N) is 2. The van der Waals surface area contributed by atoms with Crippen LogP contribution in [0.1, 0.15) is 54.2 Å². The first-order valence-electron chi connectivity index (χ1n) is 11.9. The van der Waals surface area contributed by atoms with E-state index in [-0.39, 0.29) is 22.4 Å². The molecule has 3 aliphatic rings. The number of hydrogen-bond acceptors (Lipinski definition) is 7. The fourth-order valence-corrected chi connectivity index (χ4v) is 6.18. The van der Waals surface area contributed by atoms with Crippen LogP contribution >= 0.6 is 0 Å². The number of aromatic amines is 2. The van der Waals surface area contributed by atoms with Gasteiger partial charge in [0.1, 0.15) is 5.39 Å². The highest BCUT2D eigenvalue weighted by Crippen LogP contribution is 2.53. The van der Waals surface area contributed by atoms with E-state index in [1.807, 2.05) is 0 Å². The van der Waals surface area contributed by atoms with E-state index in [0.717, 1.165) is 56.6 Å². The first kappa shape index (κ1) is 19.8. The minimum atomic E-state index is -0.353. The average Bonchev–Trinajstić information content (AvgIpc) is 3.49. The number of hydrogen-bond donors (Lipinski definition) is 3. The minimum Gasteiger partial charge on any atom is -0.342 e. The van der Waals surface area contributed by atoms with Crippen molar-refractivity contribution >= 4 is 17.0 Å². The molecule has 9 nitrogen and oxygen atoms in total. The number of anilines is 1. The Labute approximate surface area is 195 Å². The van der Waals surface area contributed by atoms with E-state index in [2.05, 4.69) is 54.3 Å². The summed E-state index contributed by atoms with van der Waals surface area (Å²) in [6.07, 6.45) is 9.84. The van der Waals surface area contributed by atoms with Gasteiger partial charge in [-0.3, -0.25) is 24.8 Å². The van der Waals surface area contributed by atoms with E-state index in [0.29, 0.717) is 17.0 Å². The maximum atomic E-state index is 13.2. The molecule has 3 aromatic heterocycles. The molecule has 4 heterocycles. The SMILES string of the molecule is N[C@@H]1c2ccccc2CC12CCN(c1nc3[nH]nc(C4(c5cnccn5)CC4)c3c(=O)[nH]1)CC2. The summed E-state index contributed by atoms with van der Waals surface area (Å²) in [6.45, 7) is 1.61. The number of benzene rings is 1. The normalized spacial score (nSPS) is 22.3. The van der Waals surface area contributed by atoms with E-state index in [4.69, 9.17) is 10.7 Å². The molecule has 172 valence electrons. The van der Waals surface area contributed by atoms with Crippen LogP contribution < -0.4 is 16.2 Å². The Kier molecular flexibility index (Phi) is 4.06. The second-order valence-corrected chi connectivity index (χ2v) is 10.1. The van der Waals surface area contributed by atoms with Crippen molar-refractivity contribution in [1.82, 2.24) is 30.1 Å². The van der Waals surface area contributed by atoms with Gasteiger partial charge in [0.2, 0.25) is 5.95 Å². The number of fused-ring (bicyclic) bond motifs is 2. The summed E-state index contributed by atoms with van der Waals surface area (Å²) in [6, 6.07) is 8.60. The molecule has 1 saturated heterocycles. The van der Waals surface area contributed by atoms with Crippen molar-refractivity contribution in [3.63, 3.8) is 0 Å². The summed E-state index contributed by atoms with van der Waals surface area (Å²) in [5, 5.41) is 8.07. The van der Waals surface area contributed by atoms with Crippen molar-refractivity contribution in [3.05, 3.63) is 75.7 Å². The fourth-order valence-electron chi connectivity index (χ4n) is 6.18. The average molecular weight is 455 g/mol. The molecule has 9 heteroatoms. The van der Waals surface area contributed by atoms with Crippen LogP contribution in [0.3, 0.4) is 0 Å². The zero-order chi connectivity index (χ0) is 22.9. The van der Waals surface area contributed by atoms with E-state index in [9.17, 15) is 4.79 Å². The van der Waals surface area contributed by atoms with Crippen molar-refractivity contribution in [2.75, 3.05) is 18.0 Å². The van der Waals surface area contributed by atoms with E-state index < -0.39 is 0 Å². The van der Waals surface area contributed by atoms with Crippen LogP contribution in [-0.2, 0) is 11.8 Å². The predicted octanol–water partition coefficient (Wildman–Crippen LogP) is 2.36. The van der Waals surface area contributed by atoms with Crippen LogP contribution in [0.25, 0.3) is 11.0 Å². The van der Waals surface area contributed by atoms with Gasteiger partial charge in [0.25, 0.3) is 5.56 Å². The topological polar surface area (TPSA) is 129 Å². The number of rotatable bonds is 3. The lowest BCUT2D eigenvalue weighted by atomic mass is 9.73. The zero-order valence-electron chi connectivity index (χ0n) is 18.8. The van der Waals surface area contributed by atoms with Gasteiger partial charge in [-0.2, -0.15) is 10.1 Å². The van der Waals surface area contributed by atoms with Crippen LogP contribution in [0.2, 0.25) is 0 Å². The first-order chi connectivity index (χ1) is 16.6. The molecule has 1 aliphatic heterocycles. The Morgan fingerprint density at radius 1 is 1.09 bits per heavy atom. The maximum Gasteiger partial charge on any atom is 0.263 e. The molecule has 7 rings (SSSR count). The van der Waals surface area contributed by atoms with Gasteiger partial charge in [0, 0.05) is 37.7 Å². The highest BCUT2D eigenvalue weighted by molar-refractivity contribution is 5.80. The van der Waals surface area contributed by atoms with Crippen molar-refractivity contribution in [3.8, 4) is 0 Å². The van der Waals surface area contributed by atoms with E-state index in [1.54, 1.807) is 18.6 Å². The molecular weight excluding hydrogens is 428 g/mol. The lowest BCUT2D eigenvalue weighted by Crippen LogP contribution is -2.45. The molecule has 1 saturated carbocycles. The third-order valence-corrected chi connectivity index (χ3v) is 8.33. The summed E-state index contributed by atoms with van der Waals surface area (Å²) in [5.74, 6) is 0.594. The third kappa shape index (κ3) is 2.73. The molecule has 0 bridgehead atoms. The molecule has 4 N–H and O–H groups in total. The van der Waals surface area contributed by atoms with Crippen molar-refractivity contribution in [2.24, 2.45) is 11.1 Å². The quantitative estimate of drug-likeness (QED) is 0.433. The van der Waals surface area contributed by atoms with Crippen LogP contribution in [0.4, 0.5) is 5.95 Å². The molecule has 1 atom stereocenters. The summed E-state index contributed by atoms with van der Waals surface area (Å²) >= 11 is 0. The summed E-state index contributed by atoms with van der Waals surface area (Å²) in [7, 11) is 0. The Balaban J connectivity index is 1.17. The van der Waals surface area contributed by atoms with Gasteiger partial charge in [-0.1, -0.05) is 24.3 Å². The number of nitrogens with two attached hydrogens (primary N) is 1. The van der Waals surface area contributed by atoms with Gasteiger partial charge in [-0.15, -0.1) is 0 Å². The number of piperidine rings is 1. The minimum absolute atomic E-state index is 0.0614. The molecular formula is C25H26N8O. The smallest absolute Gasteiger partial charge is 0.263 e. The standard InChI is InChI=1S/C25H26N8O/c26-19-16-4-2-1-3-15(16)13-24(19)7-11-33(12-8-24)23-29-21-18(22(34)30-23)20(31-32-21)25(5-6-25)17-14-27-9-10-28-17/h1-4,9-10,14,19H,5-8,11-13,26H2,(H2,29,30,31,32,34)/t19-/m1/s1. The summed E-state index contributed by atoms with van der Waals surface area (Å²) in [4.78, 5) is 31.9. The van der Waals surface area contributed by atoms with Crippen molar-refractivity contribution < 1.29 is 0 Å². The van der Waals surface area contributed by atoms with Crippen molar-refractivity contribution in [2.45, 2.75) is 43.6 Å². The highest BCUT2D eigenvalue weighted by atomic mass is 16.1. The third-order valence-electron chi connectivity index (χ3n) is 8.33. The summed E-state index contributed by atoms with van der Waals surface area (Å²) < 4.78 is 0. The number of H-pyrrole nitrogens is 2. The van der Waals surface area contributed by atoms with Gasteiger partial charge in [-0.05, 0) is 48.6 Å².